The van der Waals surface area contributed by atoms with Crippen LogP contribution >= 0.6 is 0 Å². The highest BCUT2D eigenvalue weighted by molar-refractivity contribution is 7.89. The monoisotopic (exact) mass is 411 g/mol. The number of carbonyl (C=O) groups is 1. The van der Waals surface area contributed by atoms with Gasteiger partial charge in [-0.25, -0.2) is 8.42 Å². The summed E-state index contributed by atoms with van der Waals surface area (Å²) in [6, 6.07) is 16.7. The zero-order chi connectivity index (χ0) is 20.4. The molecule has 0 spiro atoms. The maximum atomic E-state index is 12.8. The van der Waals surface area contributed by atoms with Crippen molar-refractivity contribution in [2.75, 3.05) is 13.1 Å². The number of nitrogens with one attached hydrogen (secondary N) is 1. The van der Waals surface area contributed by atoms with Gasteiger partial charge in [0.05, 0.1) is 10.9 Å². The van der Waals surface area contributed by atoms with Crippen LogP contribution in [0.1, 0.15) is 31.4 Å². The van der Waals surface area contributed by atoms with Crippen molar-refractivity contribution in [1.29, 1.82) is 0 Å². The SMILES string of the molecule is C[C@@H](NC(=O)Cn1ccc2cc(S(=O)(=O)N3CCCC3)ccc21)c1ccccc1. The molecular weight excluding hydrogens is 386 g/mol. The standard InChI is InChI=1S/C22H25N3O3S/c1-17(18-7-3-2-4-8-18)23-22(26)16-24-14-11-19-15-20(9-10-21(19)24)29(27,28)25-12-5-6-13-25/h2-4,7-11,14-15,17H,5-6,12-13,16H2,1H3,(H,23,26)/t17-/m1/s1. The number of aromatic nitrogens is 1. The van der Waals surface area contributed by atoms with Crippen LogP contribution in [-0.4, -0.2) is 36.3 Å². The summed E-state index contributed by atoms with van der Waals surface area (Å²) in [6.45, 7) is 3.30. The smallest absolute Gasteiger partial charge is 0.243 e. The summed E-state index contributed by atoms with van der Waals surface area (Å²) in [7, 11) is -3.45. The molecule has 0 saturated carbocycles. The predicted octanol–water partition coefficient (Wildman–Crippen LogP) is 3.30. The summed E-state index contributed by atoms with van der Waals surface area (Å²) in [6.07, 6.45) is 3.65. The molecule has 0 aliphatic carbocycles. The Kier molecular flexibility index (Phi) is 5.43. The van der Waals surface area contributed by atoms with Gasteiger partial charge in [-0.05, 0) is 49.6 Å². The van der Waals surface area contributed by atoms with Gasteiger partial charge in [-0.1, -0.05) is 30.3 Å². The minimum atomic E-state index is -3.45. The molecule has 1 amide bonds. The molecule has 1 atom stereocenters. The lowest BCUT2D eigenvalue weighted by atomic mass is 10.1. The number of nitrogens with zero attached hydrogens (tertiary/aromatic N) is 2. The molecule has 1 aliphatic heterocycles. The van der Waals surface area contributed by atoms with Crippen LogP contribution in [-0.2, 0) is 21.4 Å². The molecule has 1 fully saturated rings. The second-order valence-corrected chi connectivity index (χ2v) is 9.41. The summed E-state index contributed by atoms with van der Waals surface area (Å²) in [5.41, 5.74) is 1.89. The Morgan fingerprint density at radius 3 is 2.52 bits per heavy atom. The third-order valence-electron chi connectivity index (χ3n) is 5.44. The molecule has 1 N–H and O–H groups in total. The highest BCUT2D eigenvalue weighted by Crippen LogP contribution is 2.25. The van der Waals surface area contributed by atoms with Crippen molar-refractivity contribution < 1.29 is 13.2 Å². The van der Waals surface area contributed by atoms with Crippen molar-refractivity contribution in [2.45, 2.75) is 37.2 Å². The summed E-state index contributed by atoms with van der Waals surface area (Å²) >= 11 is 0. The Hall–Kier alpha value is -2.64. The first-order chi connectivity index (χ1) is 13.9. The van der Waals surface area contributed by atoms with Crippen molar-refractivity contribution in [3.63, 3.8) is 0 Å². The summed E-state index contributed by atoms with van der Waals surface area (Å²) in [5, 5.41) is 3.82. The molecule has 1 saturated heterocycles. The number of sulfonamides is 1. The third kappa shape index (κ3) is 4.06. The molecule has 4 rings (SSSR count). The van der Waals surface area contributed by atoms with Crippen molar-refractivity contribution in [1.82, 2.24) is 14.2 Å². The fourth-order valence-electron chi connectivity index (χ4n) is 3.82. The normalized spacial score (nSPS) is 16.2. The maximum Gasteiger partial charge on any atom is 0.243 e. The molecule has 1 aliphatic rings. The Labute approximate surface area is 171 Å². The first-order valence-corrected chi connectivity index (χ1v) is 11.3. The molecule has 152 valence electrons. The topological polar surface area (TPSA) is 71.4 Å². The van der Waals surface area contributed by atoms with E-state index < -0.39 is 10.0 Å². The van der Waals surface area contributed by atoms with E-state index in [9.17, 15) is 13.2 Å². The molecular formula is C22H25N3O3S. The van der Waals surface area contributed by atoms with Crippen LogP contribution < -0.4 is 5.32 Å². The van der Waals surface area contributed by atoms with Gasteiger partial charge in [-0.2, -0.15) is 4.31 Å². The first kappa shape index (κ1) is 19.7. The molecule has 1 aromatic heterocycles. The molecule has 0 unspecified atom stereocenters. The van der Waals surface area contributed by atoms with Gasteiger partial charge in [-0.3, -0.25) is 4.79 Å². The van der Waals surface area contributed by atoms with Crippen LogP contribution in [0.5, 0.6) is 0 Å². The summed E-state index contributed by atoms with van der Waals surface area (Å²) < 4.78 is 28.9. The van der Waals surface area contributed by atoms with E-state index >= 15 is 0 Å². The summed E-state index contributed by atoms with van der Waals surface area (Å²) in [5.74, 6) is -0.0902. The average molecular weight is 412 g/mol. The van der Waals surface area contributed by atoms with Crippen LogP contribution in [0.3, 0.4) is 0 Å². The Morgan fingerprint density at radius 1 is 1.07 bits per heavy atom. The predicted molar refractivity (Wildman–Crippen MR) is 113 cm³/mol. The van der Waals surface area contributed by atoms with E-state index in [1.54, 1.807) is 22.5 Å². The third-order valence-corrected chi connectivity index (χ3v) is 7.33. The number of carbonyl (C=O) groups excluding carboxylic acids is 1. The number of hydrogen-bond acceptors (Lipinski definition) is 3. The van der Waals surface area contributed by atoms with Gasteiger partial charge in [0.1, 0.15) is 6.54 Å². The number of benzene rings is 2. The Balaban J connectivity index is 1.50. The average Bonchev–Trinajstić information content (AvgIpc) is 3.39. The molecule has 3 aromatic rings. The minimum Gasteiger partial charge on any atom is -0.348 e. The quantitative estimate of drug-likeness (QED) is 0.677. The van der Waals surface area contributed by atoms with Gasteiger partial charge in [0.15, 0.2) is 0 Å². The lowest BCUT2D eigenvalue weighted by Crippen LogP contribution is -2.29. The van der Waals surface area contributed by atoms with Crippen molar-refractivity contribution in [3.05, 3.63) is 66.4 Å². The zero-order valence-electron chi connectivity index (χ0n) is 16.4. The molecule has 0 radical (unpaired) electrons. The number of fused-ring (bicyclic) bond motifs is 1. The molecule has 7 heteroatoms. The van der Waals surface area contributed by atoms with Gasteiger partial charge in [-0.15, -0.1) is 0 Å². The van der Waals surface area contributed by atoms with Gasteiger partial charge in [0.25, 0.3) is 0 Å². The van der Waals surface area contributed by atoms with Crippen molar-refractivity contribution in [3.8, 4) is 0 Å². The Bertz CT molecular complexity index is 1120. The fraction of sp³-hybridized carbons (Fsp3) is 0.318. The van der Waals surface area contributed by atoms with E-state index in [2.05, 4.69) is 5.32 Å². The highest BCUT2D eigenvalue weighted by Gasteiger charge is 2.27. The van der Waals surface area contributed by atoms with Gasteiger partial charge >= 0.3 is 0 Å². The molecule has 2 aromatic carbocycles. The molecule has 6 nitrogen and oxygen atoms in total. The van der Waals surface area contributed by atoms with Crippen LogP contribution in [0.15, 0.2) is 65.7 Å². The lowest BCUT2D eigenvalue weighted by molar-refractivity contribution is -0.122. The van der Waals surface area contributed by atoms with E-state index in [0.717, 1.165) is 29.3 Å². The van der Waals surface area contributed by atoms with Crippen molar-refractivity contribution >= 4 is 26.8 Å². The van der Waals surface area contributed by atoms with E-state index in [0.29, 0.717) is 18.0 Å². The second-order valence-electron chi connectivity index (χ2n) is 7.48. The van der Waals surface area contributed by atoms with Gasteiger partial charge in [0, 0.05) is 30.2 Å². The maximum absolute atomic E-state index is 12.8. The van der Waals surface area contributed by atoms with Gasteiger partial charge in [0.2, 0.25) is 15.9 Å². The number of hydrogen-bond donors (Lipinski definition) is 1. The minimum absolute atomic E-state index is 0.0808. The Morgan fingerprint density at radius 2 is 1.79 bits per heavy atom. The van der Waals surface area contributed by atoms with Crippen molar-refractivity contribution in [2.24, 2.45) is 0 Å². The van der Waals surface area contributed by atoms with Crippen LogP contribution in [0.25, 0.3) is 10.9 Å². The molecule has 0 bridgehead atoms. The van der Waals surface area contributed by atoms with Crippen LogP contribution in [0, 0.1) is 0 Å². The van der Waals surface area contributed by atoms with E-state index in [1.165, 1.54) is 0 Å². The second kappa shape index (κ2) is 8.00. The zero-order valence-corrected chi connectivity index (χ0v) is 17.2. The molecule has 2 heterocycles. The number of rotatable bonds is 6. The fourth-order valence-corrected chi connectivity index (χ4v) is 5.37. The van der Waals surface area contributed by atoms with Crippen LogP contribution in [0.2, 0.25) is 0 Å². The molecule has 29 heavy (non-hydrogen) atoms. The lowest BCUT2D eigenvalue weighted by Gasteiger charge is -2.16. The van der Waals surface area contributed by atoms with E-state index in [4.69, 9.17) is 0 Å². The van der Waals surface area contributed by atoms with E-state index in [-0.39, 0.29) is 18.5 Å². The number of amides is 1. The van der Waals surface area contributed by atoms with E-state index in [1.807, 2.05) is 54.1 Å². The summed E-state index contributed by atoms with van der Waals surface area (Å²) in [4.78, 5) is 12.8. The first-order valence-electron chi connectivity index (χ1n) is 9.88. The largest absolute Gasteiger partial charge is 0.348 e. The highest BCUT2D eigenvalue weighted by atomic mass is 32.2. The van der Waals surface area contributed by atoms with Crippen LogP contribution in [0.4, 0.5) is 0 Å². The van der Waals surface area contributed by atoms with Gasteiger partial charge < -0.3 is 9.88 Å².